The van der Waals surface area contributed by atoms with E-state index in [9.17, 15) is 38.7 Å². The summed E-state index contributed by atoms with van der Waals surface area (Å²) in [4.78, 5) is 93.7. The van der Waals surface area contributed by atoms with Crippen LogP contribution in [-0.2, 0) is 33.6 Å². The van der Waals surface area contributed by atoms with E-state index in [0.717, 1.165) is 42.9 Å². The summed E-state index contributed by atoms with van der Waals surface area (Å²) in [5.74, 6) is -5.15. The van der Waals surface area contributed by atoms with Crippen molar-refractivity contribution in [2.45, 2.75) is 128 Å². The number of ether oxygens (including phenoxy) is 1. The van der Waals surface area contributed by atoms with E-state index in [2.05, 4.69) is 21.3 Å². The largest absolute Gasteiger partial charge is 0.483 e. The van der Waals surface area contributed by atoms with Crippen molar-refractivity contribution in [1.29, 1.82) is 0 Å². The van der Waals surface area contributed by atoms with Crippen LogP contribution in [0.4, 0.5) is 0 Å². The number of nitrogens with zero attached hydrogens (tertiary/aromatic N) is 1. The lowest BCUT2D eigenvalue weighted by Crippen LogP contribution is -2.60. The summed E-state index contributed by atoms with van der Waals surface area (Å²) >= 11 is 0. The molecule has 2 aromatic rings. The van der Waals surface area contributed by atoms with E-state index in [1.165, 1.54) is 4.90 Å². The molecule has 0 spiro atoms. The second-order valence-electron chi connectivity index (χ2n) is 16.1. The molecule has 1 saturated carbocycles. The van der Waals surface area contributed by atoms with E-state index in [1.54, 1.807) is 32.9 Å². The van der Waals surface area contributed by atoms with Crippen LogP contribution in [-0.4, -0.2) is 101 Å². The van der Waals surface area contributed by atoms with E-state index in [4.69, 9.17) is 16.2 Å². The number of fused-ring (bicyclic) bond motifs is 1. The zero-order valence-corrected chi connectivity index (χ0v) is 34.0. The molecule has 2 aromatic carbocycles. The third-order valence-electron chi connectivity index (χ3n) is 11.3. The van der Waals surface area contributed by atoms with E-state index >= 15 is 0 Å². The predicted molar refractivity (Wildman–Crippen MR) is 216 cm³/mol. The highest BCUT2D eigenvalue weighted by molar-refractivity contribution is 5.96. The van der Waals surface area contributed by atoms with Gasteiger partial charge in [-0.25, -0.2) is 0 Å². The van der Waals surface area contributed by atoms with Crippen molar-refractivity contribution in [2.75, 3.05) is 13.2 Å². The lowest BCUT2D eigenvalue weighted by Gasteiger charge is -2.34. The molecule has 58 heavy (non-hydrogen) atoms. The Morgan fingerprint density at radius 2 is 1.52 bits per heavy atom. The first-order valence-corrected chi connectivity index (χ1v) is 20.5. The molecule has 1 saturated heterocycles. The number of likely N-dealkylation sites (tertiary alicyclic amines) is 1. The summed E-state index contributed by atoms with van der Waals surface area (Å²) in [6, 6.07) is 7.29. The van der Waals surface area contributed by atoms with Crippen LogP contribution in [0.2, 0.25) is 0 Å². The maximum absolute atomic E-state index is 14.1. The highest BCUT2D eigenvalue weighted by Gasteiger charge is 2.42. The van der Waals surface area contributed by atoms with Crippen LogP contribution >= 0.6 is 0 Å². The fraction of sp³-hybridized carbons (Fsp3) is 0.595. The Morgan fingerprint density at radius 1 is 0.828 bits per heavy atom. The van der Waals surface area contributed by atoms with Gasteiger partial charge in [0.2, 0.25) is 29.5 Å². The van der Waals surface area contributed by atoms with E-state index in [1.807, 2.05) is 37.3 Å². The number of primary amides is 2. The number of aliphatic hydroxyl groups excluding tert-OH is 1. The topological polar surface area (TPSA) is 252 Å². The molecule has 1 heterocycles. The lowest BCUT2D eigenvalue weighted by molar-refractivity contribution is -0.148. The number of nitrogens with one attached hydrogen (secondary N) is 4. The lowest BCUT2D eigenvalue weighted by atomic mass is 9.83. The van der Waals surface area contributed by atoms with Gasteiger partial charge in [0.1, 0.15) is 29.9 Å². The van der Waals surface area contributed by atoms with Gasteiger partial charge in [-0.05, 0) is 48.5 Å². The standard InChI is InChI=1S/C42H61N7O9/c1-5-25(4)36(41(56)47-35(24(2)3)38(44)53)48-40(55)31-18-12-20-49(31)42(57)37(52)29(21-26-13-7-6-8-14-26)46-39(54)30(22-33(43)50)45-34(51)23-58-32-19-11-16-27-15-9-10-17-28(27)32/h9-11,15-17,19,24-26,29-31,35-37,52H,5-8,12-14,18,20-23H2,1-4H3,(H2,43,50)(H2,44,53)(H,45,51)(H,46,54)(H,47,56)(H,48,55)/t25-,29+,30+,31+,35+,36+,37+/m1/s1. The number of hydrogen-bond acceptors (Lipinski definition) is 9. The molecule has 0 aromatic heterocycles. The number of aliphatic hydroxyl groups is 1. The van der Waals surface area contributed by atoms with E-state index in [-0.39, 0.29) is 37.1 Å². The fourth-order valence-corrected chi connectivity index (χ4v) is 7.85. The maximum atomic E-state index is 14.1. The van der Waals surface area contributed by atoms with Gasteiger partial charge in [-0.15, -0.1) is 0 Å². The minimum atomic E-state index is -1.78. The Kier molecular flexibility index (Phi) is 16.8. The maximum Gasteiger partial charge on any atom is 0.258 e. The minimum absolute atomic E-state index is 0.0716. The van der Waals surface area contributed by atoms with Crippen LogP contribution in [0.1, 0.15) is 91.9 Å². The van der Waals surface area contributed by atoms with Gasteiger partial charge >= 0.3 is 0 Å². The molecule has 9 N–H and O–H groups in total. The van der Waals surface area contributed by atoms with Gasteiger partial charge in [0.05, 0.1) is 12.5 Å². The second-order valence-corrected chi connectivity index (χ2v) is 16.1. The summed E-state index contributed by atoms with van der Waals surface area (Å²) in [5, 5.41) is 24.1. The zero-order valence-electron chi connectivity index (χ0n) is 34.0. The average molecular weight is 808 g/mol. The van der Waals surface area contributed by atoms with Crippen molar-refractivity contribution in [1.82, 2.24) is 26.2 Å². The molecule has 16 nitrogen and oxygen atoms in total. The van der Waals surface area contributed by atoms with Crippen molar-refractivity contribution < 1.29 is 43.4 Å². The number of rotatable bonds is 20. The summed E-state index contributed by atoms with van der Waals surface area (Å²) in [6.45, 7) is 6.79. The highest BCUT2D eigenvalue weighted by atomic mass is 16.5. The molecule has 0 bridgehead atoms. The van der Waals surface area contributed by atoms with Crippen molar-refractivity contribution in [3.05, 3.63) is 42.5 Å². The molecule has 2 aliphatic rings. The smallest absolute Gasteiger partial charge is 0.258 e. The Bertz CT molecular complexity index is 1780. The molecule has 7 amide bonds. The monoisotopic (exact) mass is 807 g/mol. The first-order valence-electron chi connectivity index (χ1n) is 20.5. The van der Waals surface area contributed by atoms with Crippen LogP contribution in [0.15, 0.2) is 42.5 Å². The summed E-state index contributed by atoms with van der Waals surface area (Å²) < 4.78 is 5.77. The van der Waals surface area contributed by atoms with Crippen LogP contribution in [0.25, 0.3) is 10.8 Å². The summed E-state index contributed by atoms with van der Waals surface area (Å²) in [6.07, 6.45) is 3.71. The van der Waals surface area contributed by atoms with Gasteiger partial charge in [0.25, 0.3) is 11.8 Å². The van der Waals surface area contributed by atoms with E-state index in [0.29, 0.717) is 18.6 Å². The first-order chi connectivity index (χ1) is 27.6. The van der Waals surface area contributed by atoms with Crippen LogP contribution < -0.4 is 37.5 Å². The van der Waals surface area contributed by atoms with E-state index < -0.39 is 90.7 Å². The van der Waals surface area contributed by atoms with Crippen molar-refractivity contribution in [3.8, 4) is 5.75 Å². The van der Waals surface area contributed by atoms with Crippen LogP contribution in [0.5, 0.6) is 5.75 Å². The van der Waals surface area contributed by atoms with Gasteiger partial charge < -0.3 is 47.5 Å². The number of carbonyl (C=O) groups is 7. The highest BCUT2D eigenvalue weighted by Crippen LogP contribution is 2.29. The Labute approximate surface area is 339 Å². The molecule has 4 rings (SSSR count). The Morgan fingerprint density at radius 3 is 2.17 bits per heavy atom. The van der Waals surface area contributed by atoms with Crippen LogP contribution in [0, 0.1) is 17.8 Å². The van der Waals surface area contributed by atoms with Crippen molar-refractivity contribution in [2.24, 2.45) is 29.2 Å². The van der Waals surface area contributed by atoms with Crippen molar-refractivity contribution in [3.63, 3.8) is 0 Å². The Hall–Kier alpha value is -5.25. The molecule has 16 heteroatoms. The van der Waals surface area contributed by atoms with Gasteiger partial charge in [-0.2, -0.15) is 0 Å². The molecule has 0 radical (unpaired) electrons. The van der Waals surface area contributed by atoms with Gasteiger partial charge in [0, 0.05) is 11.9 Å². The number of nitrogens with two attached hydrogens (primary N) is 2. The third-order valence-corrected chi connectivity index (χ3v) is 11.3. The third kappa shape index (κ3) is 12.4. The molecule has 1 aliphatic heterocycles. The molecule has 318 valence electrons. The predicted octanol–water partition coefficient (Wildman–Crippen LogP) is 1.54. The summed E-state index contributed by atoms with van der Waals surface area (Å²) in [5.41, 5.74) is 11.0. The fourth-order valence-electron chi connectivity index (χ4n) is 7.85. The quantitative estimate of drug-likeness (QED) is 0.102. The number of benzene rings is 2. The zero-order chi connectivity index (χ0) is 42.5. The molecular weight excluding hydrogens is 747 g/mol. The second kappa shape index (κ2) is 21.5. The minimum Gasteiger partial charge on any atom is -0.483 e. The molecule has 2 fully saturated rings. The van der Waals surface area contributed by atoms with Gasteiger partial charge in [0.15, 0.2) is 12.7 Å². The summed E-state index contributed by atoms with van der Waals surface area (Å²) in [7, 11) is 0. The first kappa shape index (κ1) is 45.5. The van der Waals surface area contributed by atoms with Gasteiger partial charge in [-0.3, -0.25) is 33.6 Å². The molecule has 7 atom stereocenters. The number of amides is 7. The Balaban J connectivity index is 1.48. The molecular formula is C42H61N7O9. The van der Waals surface area contributed by atoms with Gasteiger partial charge in [-0.1, -0.05) is 103 Å². The normalized spacial score (nSPS) is 18.9. The molecule has 0 unspecified atom stereocenters. The molecule has 1 aliphatic carbocycles. The van der Waals surface area contributed by atoms with Crippen LogP contribution in [0.3, 0.4) is 0 Å². The SMILES string of the molecule is CC[C@@H](C)[C@H](NC(=O)[C@@H]1CCCN1C(=O)[C@@H](O)[C@H](CC1CCCCC1)NC(=O)[C@H](CC(N)=O)NC(=O)COc1cccc2ccccc12)C(=O)N[C@H](C(N)=O)C(C)C. The number of hydrogen-bond donors (Lipinski definition) is 7. The van der Waals surface area contributed by atoms with Crippen molar-refractivity contribution >= 4 is 52.1 Å². The average Bonchev–Trinajstić information content (AvgIpc) is 3.70. The number of carbonyl (C=O) groups excluding carboxylic acids is 7.